The highest BCUT2D eigenvalue weighted by atomic mass is 79.9. The maximum absolute atomic E-state index is 11.3. The van der Waals surface area contributed by atoms with E-state index in [1.165, 1.54) is 6.20 Å². The van der Waals surface area contributed by atoms with Crippen LogP contribution in [0.15, 0.2) is 34.9 Å². The van der Waals surface area contributed by atoms with Gasteiger partial charge in [-0.05, 0) is 17.7 Å². The Morgan fingerprint density at radius 3 is 2.81 bits per heavy atom. The first-order valence-corrected chi connectivity index (χ1v) is 7.24. The van der Waals surface area contributed by atoms with Gasteiger partial charge < -0.3 is 9.84 Å². The van der Waals surface area contributed by atoms with Gasteiger partial charge in [0.05, 0.1) is 6.20 Å². The third-order valence-corrected chi connectivity index (χ3v) is 3.27. The molecule has 110 valence electrons. The van der Waals surface area contributed by atoms with Crippen molar-refractivity contribution in [1.29, 1.82) is 0 Å². The van der Waals surface area contributed by atoms with Crippen molar-refractivity contribution in [3.63, 3.8) is 0 Å². The summed E-state index contributed by atoms with van der Waals surface area (Å²) in [7, 11) is 0. The van der Waals surface area contributed by atoms with Crippen molar-refractivity contribution in [1.82, 2.24) is 9.97 Å². The van der Waals surface area contributed by atoms with Crippen LogP contribution >= 0.6 is 15.9 Å². The van der Waals surface area contributed by atoms with Gasteiger partial charge in [0.1, 0.15) is 12.4 Å². The molecule has 0 amide bonds. The number of hydrogen-bond donors (Lipinski definition) is 1. The summed E-state index contributed by atoms with van der Waals surface area (Å²) >= 11 is 3.38. The monoisotopic (exact) mass is 350 g/mol. The third kappa shape index (κ3) is 4.01. The Morgan fingerprint density at radius 1 is 1.43 bits per heavy atom. The molecule has 0 spiro atoms. The van der Waals surface area contributed by atoms with E-state index < -0.39 is 5.97 Å². The molecule has 5 nitrogen and oxygen atoms in total. The molecule has 0 unspecified atom stereocenters. The third-order valence-electron chi connectivity index (χ3n) is 2.78. The Labute approximate surface area is 131 Å². The van der Waals surface area contributed by atoms with Crippen LogP contribution in [-0.2, 0) is 6.61 Å². The zero-order chi connectivity index (χ0) is 15.4. The highest BCUT2D eigenvalue weighted by Crippen LogP contribution is 2.20. The first-order valence-electron chi connectivity index (χ1n) is 6.45. The van der Waals surface area contributed by atoms with Gasteiger partial charge in [0.15, 0.2) is 11.4 Å². The molecule has 0 aliphatic heterocycles. The molecule has 0 radical (unpaired) electrons. The predicted octanol–water partition coefficient (Wildman–Crippen LogP) is 3.64. The standard InChI is InChI=1S/C15H15BrN2O3/c1-9(2)14-17-7-12(13(18-14)15(19)20)21-8-10-4-3-5-11(16)6-10/h3-7,9H,8H2,1-2H3,(H,19,20). The minimum Gasteiger partial charge on any atom is -0.485 e. The number of carboxylic acids is 1. The largest absolute Gasteiger partial charge is 0.485 e. The number of rotatable bonds is 5. The van der Waals surface area contributed by atoms with Crippen LogP contribution in [0.3, 0.4) is 0 Å². The van der Waals surface area contributed by atoms with Crippen LogP contribution in [0.4, 0.5) is 0 Å². The van der Waals surface area contributed by atoms with Gasteiger partial charge in [0.2, 0.25) is 0 Å². The average molecular weight is 351 g/mol. The average Bonchev–Trinajstić information content (AvgIpc) is 2.44. The number of aromatic nitrogens is 2. The maximum atomic E-state index is 11.3. The minimum atomic E-state index is -1.12. The van der Waals surface area contributed by atoms with Gasteiger partial charge >= 0.3 is 5.97 Å². The van der Waals surface area contributed by atoms with Gasteiger partial charge in [-0.3, -0.25) is 0 Å². The topological polar surface area (TPSA) is 72.3 Å². The SMILES string of the molecule is CC(C)c1ncc(OCc2cccc(Br)c2)c(C(=O)O)n1. The second-order valence-corrected chi connectivity index (χ2v) is 5.74. The molecule has 0 atom stereocenters. The summed E-state index contributed by atoms with van der Waals surface area (Å²) in [6.45, 7) is 4.07. The summed E-state index contributed by atoms with van der Waals surface area (Å²) in [4.78, 5) is 19.5. The molecule has 2 rings (SSSR count). The number of halogens is 1. The normalized spacial score (nSPS) is 10.7. The molecule has 0 fully saturated rings. The van der Waals surface area contributed by atoms with Crippen LogP contribution in [0.1, 0.15) is 41.6 Å². The summed E-state index contributed by atoms with van der Waals surface area (Å²) < 4.78 is 6.49. The quantitative estimate of drug-likeness (QED) is 0.890. The molecule has 0 saturated carbocycles. The predicted molar refractivity (Wildman–Crippen MR) is 81.6 cm³/mol. The van der Waals surface area contributed by atoms with Gasteiger partial charge in [0.25, 0.3) is 0 Å². The fourth-order valence-electron chi connectivity index (χ4n) is 1.71. The fourth-order valence-corrected chi connectivity index (χ4v) is 2.16. The van der Waals surface area contributed by atoms with Crippen molar-refractivity contribution in [2.45, 2.75) is 26.4 Å². The van der Waals surface area contributed by atoms with Crippen molar-refractivity contribution in [2.24, 2.45) is 0 Å². The summed E-state index contributed by atoms with van der Waals surface area (Å²) in [6.07, 6.45) is 1.42. The van der Waals surface area contributed by atoms with Crippen LogP contribution in [0.5, 0.6) is 5.75 Å². The molecule has 0 aliphatic carbocycles. The van der Waals surface area contributed by atoms with Gasteiger partial charge in [-0.1, -0.05) is 41.9 Å². The fraction of sp³-hybridized carbons (Fsp3) is 0.267. The molecule has 1 N–H and O–H groups in total. The molecule has 0 aliphatic rings. The Kier molecular flexibility index (Phi) is 4.90. The zero-order valence-electron chi connectivity index (χ0n) is 11.7. The molecule has 6 heteroatoms. The van der Waals surface area contributed by atoms with E-state index in [1.807, 2.05) is 38.1 Å². The summed E-state index contributed by atoms with van der Waals surface area (Å²) in [5, 5.41) is 9.24. The Balaban J connectivity index is 2.21. The van der Waals surface area contributed by atoms with Crippen LogP contribution in [0, 0.1) is 0 Å². The van der Waals surface area contributed by atoms with Gasteiger partial charge in [-0.2, -0.15) is 0 Å². The second kappa shape index (κ2) is 6.67. The molecule has 2 aromatic rings. The van der Waals surface area contributed by atoms with E-state index in [9.17, 15) is 9.90 Å². The van der Waals surface area contributed by atoms with Crippen LogP contribution in [0.25, 0.3) is 0 Å². The van der Waals surface area contributed by atoms with Crippen molar-refractivity contribution in [3.8, 4) is 5.75 Å². The lowest BCUT2D eigenvalue weighted by atomic mass is 10.2. The molecule has 0 bridgehead atoms. The maximum Gasteiger partial charge on any atom is 0.358 e. The highest BCUT2D eigenvalue weighted by molar-refractivity contribution is 9.10. The molecule has 1 aromatic heterocycles. The number of carboxylic acid groups (broad SMARTS) is 1. The van der Waals surface area contributed by atoms with E-state index in [2.05, 4.69) is 25.9 Å². The summed E-state index contributed by atoms with van der Waals surface area (Å²) in [5.41, 5.74) is 0.817. The first kappa shape index (κ1) is 15.4. The van der Waals surface area contributed by atoms with Crippen LogP contribution in [0.2, 0.25) is 0 Å². The Hall–Kier alpha value is -1.95. The number of ether oxygens (including phenoxy) is 1. The molecular formula is C15H15BrN2O3. The van der Waals surface area contributed by atoms with Crippen molar-refractivity contribution >= 4 is 21.9 Å². The molecular weight excluding hydrogens is 336 g/mol. The number of aromatic carboxylic acids is 1. The van der Waals surface area contributed by atoms with Gasteiger partial charge in [-0.25, -0.2) is 14.8 Å². The summed E-state index contributed by atoms with van der Waals surface area (Å²) in [6, 6.07) is 7.60. The molecule has 1 heterocycles. The second-order valence-electron chi connectivity index (χ2n) is 4.82. The molecule has 1 aromatic carbocycles. The van der Waals surface area contributed by atoms with E-state index in [1.54, 1.807) is 0 Å². The number of hydrogen-bond acceptors (Lipinski definition) is 4. The number of nitrogens with zero attached hydrogens (tertiary/aromatic N) is 2. The van der Waals surface area contributed by atoms with Crippen molar-refractivity contribution < 1.29 is 14.6 Å². The van der Waals surface area contributed by atoms with Gasteiger partial charge in [-0.15, -0.1) is 0 Å². The highest BCUT2D eigenvalue weighted by Gasteiger charge is 2.17. The molecule has 0 saturated heterocycles. The van der Waals surface area contributed by atoms with E-state index in [-0.39, 0.29) is 24.0 Å². The zero-order valence-corrected chi connectivity index (χ0v) is 13.3. The van der Waals surface area contributed by atoms with E-state index in [0.717, 1.165) is 10.0 Å². The lowest BCUT2D eigenvalue weighted by molar-refractivity contribution is 0.0684. The van der Waals surface area contributed by atoms with E-state index in [0.29, 0.717) is 5.82 Å². The van der Waals surface area contributed by atoms with E-state index in [4.69, 9.17) is 4.74 Å². The lowest BCUT2D eigenvalue weighted by Crippen LogP contribution is -2.10. The Bertz CT molecular complexity index is 659. The Morgan fingerprint density at radius 2 is 2.19 bits per heavy atom. The smallest absolute Gasteiger partial charge is 0.358 e. The number of carbonyl (C=O) groups is 1. The van der Waals surface area contributed by atoms with Crippen molar-refractivity contribution in [3.05, 3.63) is 52.0 Å². The minimum absolute atomic E-state index is 0.0576. The van der Waals surface area contributed by atoms with Crippen molar-refractivity contribution in [2.75, 3.05) is 0 Å². The van der Waals surface area contributed by atoms with Crippen LogP contribution in [-0.4, -0.2) is 21.0 Å². The summed E-state index contributed by atoms with van der Waals surface area (Å²) in [5.74, 6) is -0.403. The van der Waals surface area contributed by atoms with Gasteiger partial charge in [0, 0.05) is 10.4 Å². The van der Waals surface area contributed by atoms with E-state index >= 15 is 0 Å². The molecule has 21 heavy (non-hydrogen) atoms. The number of benzene rings is 1. The van der Waals surface area contributed by atoms with Crippen LogP contribution < -0.4 is 4.74 Å². The lowest BCUT2D eigenvalue weighted by Gasteiger charge is -2.11. The first-order chi connectivity index (χ1) is 9.97.